The van der Waals surface area contributed by atoms with E-state index < -0.39 is 5.91 Å². The molecule has 0 saturated carbocycles. The van der Waals surface area contributed by atoms with Crippen LogP contribution in [0.2, 0.25) is 0 Å². The van der Waals surface area contributed by atoms with E-state index in [0.717, 1.165) is 31.6 Å². The summed E-state index contributed by atoms with van der Waals surface area (Å²) in [6.07, 6.45) is 15.1. The lowest BCUT2D eigenvalue weighted by molar-refractivity contribution is -0.114. The molecule has 1 aromatic rings. The number of benzene rings is 1. The molecule has 0 fully saturated rings. The van der Waals surface area contributed by atoms with Crippen molar-refractivity contribution in [1.82, 2.24) is 5.32 Å². The van der Waals surface area contributed by atoms with Crippen LogP contribution in [0.5, 0.6) is 0 Å². The number of carbonyl (C=O) groups is 1. The van der Waals surface area contributed by atoms with Gasteiger partial charge in [0.2, 0.25) is 0 Å². The maximum atomic E-state index is 12.6. The summed E-state index contributed by atoms with van der Waals surface area (Å²) in [6.45, 7) is 6.49. The van der Waals surface area contributed by atoms with E-state index in [1.165, 1.54) is 64.2 Å². The first-order chi connectivity index (χ1) is 17.6. The Morgan fingerprint density at radius 3 is 1.75 bits per heavy atom. The van der Waals surface area contributed by atoms with E-state index in [1.807, 2.05) is 30.3 Å². The number of nitriles is 3. The van der Waals surface area contributed by atoms with Crippen LogP contribution in [0.15, 0.2) is 41.1 Å². The van der Waals surface area contributed by atoms with Gasteiger partial charge in [0, 0.05) is 18.8 Å². The highest BCUT2D eigenvalue weighted by atomic mass is 16.2. The van der Waals surface area contributed by atoms with Gasteiger partial charge in [-0.05, 0) is 30.5 Å². The Morgan fingerprint density at radius 1 is 0.778 bits per heavy atom. The zero-order valence-corrected chi connectivity index (χ0v) is 21.9. The normalized spacial score (nSPS) is 12.6. The first kappa shape index (κ1) is 28.7. The SMILES string of the molecule is CCCCCCCCN(CCCCCCCC)c1ccc(C2=C(C#N)C(=C(C#N)C#N)NC2=O)cc1. The van der Waals surface area contributed by atoms with Gasteiger partial charge in [-0.1, -0.05) is 90.2 Å². The average Bonchev–Trinajstić information content (AvgIpc) is 3.23. The summed E-state index contributed by atoms with van der Waals surface area (Å²) < 4.78 is 0. The van der Waals surface area contributed by atoms with Gasteiger partial charge in [0.05, 0.1) is 16.8 Å². The molecule has 36 heavy (non-hydrogen) atoms. The van der Waals surface area contributed by atoms with Crippen molar-refractivity contribution in [2.24, 2.45) is 0 Å². The topological polar surface area (TPSA) is 104 Å². The van der Waals surface area contributed by atoms with Crippen LogP contribution in [0, 0.1) is 34.0 Å². The Balaban J connectivity index is 2.16. The van der Waals surface area contributed by atoms with Crippen molar-refractivity contribution in [3.63, 3.8) is 0 Å². The third-order valence-electron chi connectivity index (χ3n) is 6.64. The molecule has 1 N–H and O–H groups in total. The molecule has 2 rings (SSSR count). The Bertz CT molecular complexity index is 1010. The van der Waals surface area contributed by atoms with Crippen LogP contribution in [0.3, 0.4) is 0 Å². The number of nitrogens with one attached hydrogen (secondary N) is 1. The second kappa shape index (κ2) is 16.2. The molecule has 0 spiro atoms. The van der Waals surface area contributed by atoms with Gasteiger partial charge in [-0.15, -0.1) is 0 Å². The summed E-state index contributed by atoms with van der Waals surface area (Å²) in [5, 5.41) is 30.6. The summed E-state index contributed by atoms with van der Waals surface area (Å²) >= 11 is 0. The van der Waals surface area contributed by atoms with Crippen molar-refractivity contribution in [3.8, 4) is 18.2 Å². The van der Waals surface area contributed by atoms with Crippen molar-refractivity contribution >= 4 is 17.2 Å². The zero-order valence-electron chi connectivity index (χ0n) is 21.9. The number of unbranched alkanes of at least 4 members (excludes halogenated alkanes) is 10. The lowest BCUT2D eigenvalue weighted by Gasteiger charge is -2.25. The number of allylic oxidation sites excluding steroid dienone is 2. The van der Waals surface area contributed by atoms with Crippen molar-refractivity contribution in [2.45, 2.75) is 90.9 Å². The maximum absolute atomic E-state index is 12.6. The average molecular weight is 486 g/mol. The van der Waals surface area contributed by atoms with Crippen LogP contribution >= 0.6 is 0 Å². The zero-order chi connectivity index (χ0) is 26.2. The minimum Gasteiger partial charge on any atom is -0.372 e. The van der Waals surface area contributed by atoms with Gasteiger partial charge >= 0.3 is 0 Å². The van der Waals surface area contributed by atoms with Crippen LogP contribution in [0.1, 0.15) is 96.5 Å². The standard InChI is InChI=1S/C30H39N5O/c1-3-5-7-9-11-13-19-35(20-14-12-10-8-6-4-2)26-17-15-24(16-18-26)28-27(23-33)29(34-30(28)36)25(21-31)22-32/h15-18H,3-14,19-20H2,1-2H3,(H,34,36). The number of nitrogens with zero attached hydrogens (tertiary/aromatic N) is 4. The first-order valence-corrected chi connectivity index (χ1v) is 13.5. The van der Waals surface area contributed by atoms with Gasteiger partial charge in [-0.25, -0.2) is 0 Å². The fourth-order valence-electron chi connectivity index (χ4n) is 4.56. The highest BCUT2D eigenvalue weighted by molar-refractivity contribution is 6.26. The molecule has 190 valence electrons. The molecule has 0 radical (unpaired) electrons. The smallest absolute Gasteiger partial charge is 0.257 e. The van der Waals surface area contributed by atoms with E-state index >= 15 is 0 Å². The summed E-state index contributed by atoms with van der Waals surface area (Å²) in [4.78, 5) is 15.1. The maximum Gasteiger partial charge on any atom is 0.257 e. The highest BCUT2D eigenvalue weighted by Crippen LogP contribution is 2.31. The Labute approximate surface area is 216 Å². The van der Waals surface area contributed by atoms with E-state index in [0.29, 0.717) is 5.56 Å². The molecule has 0 aliphatic carbocycles. The molecule has 1 heterocycles. The predicted octanol–water partition coefficient (Wildman–Crippen LogP) is 6.92. The minimum atomic E-state index is -0.465. The molecular formula is C30H39N5O. The number of rotatable bonds is 16. The largest absolute Gasteiger partial charge is 0.372 e. The highest BCUT2D eigenvalue weighted by Gasteiger charge is 2.31. The van der Waals surface area contributed by atoms with Crippen LogP contribution in [0.25, 0.3) is 5.57 Å². The van der Waals surface area contributed by atoms with Crippen LogP contribution < -0.4 is 10.2 Å². The summed E-state index contributed by atoms with van der Waals surface area (Å²) in [5.74, 6) is -0.465. The number of anilines is 1. The van der Waals surface area contributed by atoms with Gasteiger partial charge in [0.25, 0.3) is 5.91 Å². The van der Waals surface area contributed by atoms with E-state index in [4.69, 9.17) is 0 Å². The molecule has 6 heteroatoms. The van der Waals surface area contributed by atoms with Crippen molar-refractivity contribution in [3.05, 3.63) is 46.7 Å². The van der Waals surface area contributed by atoms with Gasteiger partial charge < -0.3 is 10.2 Å². The van der Waals surface area contributed by atoms with Crippen molar-refractivity contribution < 1.29 is 4.79 Å². The van der Waals surface area contributed by atoms with E-state index in [9.17, 15) is 20.6 Å². The van der Waals surface area contributed by atoms with E-state index in [2.05, 4.69) is 24.1 Å². The minimum absolute atomic E-state index is 0.000603. The van der Waals surface area contributed by atoms with Crippen LogP contribution in [0.4, 0.5) is 5.69 Å². The Hall–Kier alpha value is -3.56. The summed E-state index contributed by atoms with van der Waals surface area (Å²) in [7, 11) is 0. The lowest BCUT2D eigenvalue weighted by atomic mass is 9.99. The number of carbonyl (C=O) groups excluding carboxylic acids is 1. The number of hydrogen-bond donors (Lipinski definition) is 1. The van der Waals surface area contributed by atoms with E-state index in [-0.39, 0.29) is 22.4 Å². The fourth-order valence-corrected chi connectivity index (χ4v) is 4.56. The molecule has 1 aromatic carbocycles. The number of amides is 1. The Kier molecular flexibility index (Phi) is 12.9. The monoisotopic (exact) mass is 485 g/mol. The molecule has 1 amide bonds. The molecule has 0 unspecified atom stereocenters. The lowest BCUT2D eigenvalue weighted by Crippen LogP contribution is -2.25. The van der Waals surface area contributed by atoms with Gasteiger partial charge in [-0.3, -0.25) is 4.79 Å². The summed E-state index contributed by atoms with van der Waals surface area (Å²) in [5.41, 5.74) is 1.71. The van der Waals surface area contributed by atoms with Gasteiger partial charge in [-0.2, -0.15) is 15.8 Å². The third-order valence-corrected chi connectivity index (χ3v) is 6.64. The number of hydrogen-bond acceptors (Lipinski definition) is 5. The van der Waals surface area contributed by atoms with Crippen LogP contribution in [-0.4, -0.2) is 19.0 Å². The Morgan fingerprint density at radius 2 is 1.28 bits per heavy atom. The molecule has 6 nitrogen and oxygen atoms in total. The third kappa shape index (κ3) is 8.28. The molecule has 0 atom stereocenters. The second-order valence-corrected chi connectivity index (χ2v) is 9.36. The van der Waals surface area contributed by atoms with Crippen molar-refractivity contribution in [2.75, 3.05) is 18.0 Å². The van der Waals surface area contributed by atoms with Gasteiger partial charge in [0.1, 0.15) is 18.2 Å². The second-order valence-electron chi connectivity index (χ2n) is 9.36. The molecular weight excluding hydrogens is 446 g/mol. The molecule has 0 saturated heterocycles. The fraction of sp³-hybridized carbons (Fsp3) is 0.533. The quantitative estimate of drug-likeness (QED) is 0.202. The predicted molar refractivity (Wildman–Crippen MR) is 144 cm³/mol. The first-order valence-electron chi connectivity index (χ1n) is 13.5. The molecule has 1 aliphatic heterocycles. The van der Waals surface area contributed by atoms with Gasteiger partial charge in [0.15, 0.2) is 5.57 Å². The van der Waals surface area contributed by atoms with Crippen molar-refractivity contribution in [1.29, 1.82) is 15.8 Å². The van der Waals surface area contributed by atoms with Crippen LogP contribution in [-0.2, 0) is 4.79 Å². The van der Waals surface area contributed by atoms with E-state index in [1.54, 1.807) is 12.1 Å². The molecule has 0 aromatic heterocycles. The molecule has 0 bridgehead atoms. The molecule has 1 aliphatic rings. The summed E-state index contributed by atoms with van der Waals surface area (Å²) in [6, 6.07) is 13.3.